The molecule has 0 spiro atoms. The third-order valence-corrected chi connectivity index (χ3v) is 2.77. The molecule has 0 saturated heterocycles. The fourth-order valence-corrected chi connectivity index (χ4v) is 1.62. The minimum absolute atomic E-state index is 0.209. The van der Waals surface area contributed by atoms with Gasteiger partial charge in [-0.3, -0.25) is 0 Å². The van der Waals surface area contributed by atoms with E-state index in [1.807, 2.05) is 6.07 Å². The van der Waals surface area contributed by atoms with Gasteiger partial charge in [0.1, 0.15) is 5.82 Å². The van der Waals surface area contributed by atoms with Crippen molar-refractivity contribution in [2.24, 2.45) is 5.92 Å². The fraction of sp³-hybridized carbons (Fsp3) is 0.538. The lowest BCUT2D eigenvalue weighted by Crippen LogP contribution is -2.10. The Bertz CT molecular complexity index is 325. The lowest BCUT2D eigenvalue weighted by atomic mass is 10.3. The maximum absolute atomic E-state index is 12.8. The zero-order chi connectivity index (χ0) is 11.2. The molecule has 1 N–H and O–H groups in total. The van der Waals surface area contributed by atoms with E-state index in [1.54, 1.807) is 6.07 Å². The first-order valence-corrected chi connectivity index (χ1v) is 5.92. The van der Waals surface area contributed by atoms with Crippen LogP contribution in [0.25, 0.3) is 0 Å². The van der Waals surface area contributed by atoms with Crippen LogP contribution in [0.1, 0.15) is 19.3 Å². The summed E-state index contributed by atoms with van der Waals surface area (Å²) in [4.78, 5) is 0. The van der Waals surface area contributed by atoms with Crippen molar-refractivity contribution in [3.63, 3.8) is 0 Å². The Balaban J connectivity index is 1.53. The van der Waals surface area contributed by atoms with Gasteiger partial charge in [0.05, 0.1) is 6.61 Å². The van der Waals surface area contributed by atoms with Crippen LogP contribution < -0.4 is 5.32 Å². The summed E-state index contributed by atoms with van der Waals surface area (Å²) in [6, 6.07) is 6.49. The van der Waals surface area contributed by atoms with Crippen LogP contribution in [-0.4, -0.2) is 19.8 Å². The van der Waals surface area contributed by atoms with Crippen molar-refractivity contribution in [3.05, 3.63) is 30.1 Å². The maximum Gasteiger partial charge on any atom is 0.125 e. The largest absolute Gasteiger partial charge is 0.383 e. The number of nitrogens with one attached hydrogen (secondary N) is 1. The molecular formula is C13H18FNO. The number of benzene rings is 1. The molecule has 1 aromatic rings. The van der Waals surface area contributed by atoms with Gasteiger partial charge in [0.2, 0.25) is 0 Å². The average Bonchev–Trinajstić information content (AvgIpc) is 3.07. The van der Waals surface area contributed by atoms with Crippen molar-refractivity contribution in [3.8, 4) is 0 Å². The van der Waals surface area contributed by atoms with Crippen molar-refractivity contribution in [1.82, 2.24) is 0 Å². The van der Waals surface area contributed by atoms with E-state index in [-0.39, 0.29) is 5.82 Å². The Morgan fingerprint density at radius 1 is 1.31 bits per heavy atom. The minimum Gasteiger partial charge on any atom is -0.383 e. The number of hydrogen-bond acceptors (Lipinski definition) is 2. The molecule has 0 bridgehead atoms. The third-order valence-electron chi connectivity index (χ3n) is 2.77. The van der Waals surface area contributed by atoms with Gasteiger partial charge in [0.25, 0.3) is 0 Å². The minimum atomic E-state index is -0.209. The highest BCUT2D eigenvalue weighted by molar-refractivity contribution is 5.42. The Hall–Kier alpha value is -1.09. The van der Waals surface area contributed by atoms with Gasteiger partial charge in [-0.05, 0) is 30.5 Å². The maximum atomic E-state index is 12.8. The second-order valence-electron chi connectivity index (χ2n) is 4.28. The van der Waals surface area contributed by atoms with Gasteiger partial charge in [-0.2, -0.15) is 0 Å². The highest BCUT2D eigenvalue weighted by Crippen LogP contribution is 2.31. The van der Waals surface area contributed by atoms with Gasteiger partial charge in [-0.25, -0.2) is 4.39 Å². The summed E-state index contributed by atoms with van der Waals surface area (Å²) >= 11 is 0. The Labute approximate surface area is 95.8 Å². The van der Waals surface area contributed by atoms with Crippen molar-refractivity contribution in [2.45, 2.75) is 19.3 Å². The summed E-state index contributed by atoms with van der Waals surface area (Å²) in [5.74, 6) is 0.718. The van der Waals surface area contributed by atoms with Gasteiger partial charge in [-0.15, -0.1) is 0 Å². The van der Waals surface area contributed by atoms with Crippen molar-refractivity contribution >= 4 is 5.69 Å². The third kappa shape index (κ3) is 4.19. The molecule has 0 atom stereocenters. The van der Waals surface area contributed by atoms with Gasteiger partial charge in [-0.1, -0.05) is 18.9 Å². The van der Waals surface area contributed by atoms with Crippen LogP contribution in [0.2, 0.25) is 0 Å². The lowest BCUT2D eigenvalue weighted by Gasteiger charge is -2.07. The Kier molecular flexibility index (Phi) is 4.17. The average molecular weight is 223 g/mol. The first-order chi connectivity index (χ1) is 7.84. The number of rotatable bonds is 7. The Morgan fingerprint density at radius 2 is 2.19 bits per heavy atom. The second kappa shape index (κ2) is 5.85. The molecule has 1 aliphatic carbocycles. The molecule has 0 radical (unpaired) electrons. The van der Waals surface area contributed by atoms with Crippen LogP contribution in [0.15, 0.2) is 24.3 Å². The van der Waals surface area contributed by atoms with Crippen LogP contribution in [-0.2, 0) is 4.74 Å². The molecule has 16 heavy (non-hydrogen) atoms. The van der Waals surface area contributed by atoms with E-state index in [0.29, 0.717) is 6.61 Å². The van der Waals surface area contributed by atoms with Crippen LogP contribution in [0, 0.1) is 11.7 Å². The molecule has 2 nitrogen and oxygen atoms in total. The molecule has 0 heterocycles. The van der Waals surface area contributed by atoms with E-state index in [2.05, 4.69) is 5.32 Å². The summed E-state index contributed by atoms with van der Waals surface area (Å²) in [6.45, 7) is 2.27. The first kappa shape index (κ1) is 11.4. The molecule has 0 aliphatic heterocycles. The summed E-state index contributed by atoms with van der Waals surface area (Å²) in [5, 5.41) is 3.12. The topological polar surface area (TPSA) is 21.3 Å². The predicted octanol–water partition coefficient (Wildman–Crippen LogP) is 3.05. The zero-order valence-corrected chi connectivity index (χ0v) is 9.42. The van der Waals surface area contributed by atoms with Crippen molar-refractivity contribution in [1.29, 1.82) is 0 Å². The molecule has 2 rings (SSSR count). The van der Waals surface area contributed by atoms with Crippen LogP contribution in [0.5, 0.6) is 0 Å². The van der Waals surface area contributed by atoms with E-state index in [4.69, 9.17) is 4.74 Å². The van der Waals surface area contributed by atoms with E-state index in [1.165, 1.54) is 31.4 Å². The molecule has 1 aromatic carbocycles. The first-order valence-electron chi connectivity index (χ1n) is 5.92. The number of hydrogen-bond donors (Lipinski definition) is 1. The van der Waals surface area contributed by atoms with Gasteiger partial charge in [0.15, 0.2) is 0 Å². The monoisotopic (exact) mass is 223 g/mol. The predicted molar refractivity (Wildman–Crippen MR) is 63.0 cm³/mol. The van der Waals surface area contributed by atoms with Crippen molar-refractivity contribution < 1.29 is 9.13 Å². The van der Waals surface area contributed by atoms with Crippen LogP contribution in [0.4, 0.5) is 10.1 Å². The smallest absolute Gasteiger partial charge is 0.125 e. The summed E-state index contributed by atoms with van der Waals surface area (Å²) in [5.41, 5.74) is 0.811. The molecule has 88 valence electrons. The molecule has 1 aliphatic rings. The van der Waals surface area contributed by atoms with Gasteiger partial charge in [0, 0.05) is 18.8 Å². The molecule has 0 aromatic heterocycles. The molecule has 0 amide bonds. The number of anilines is 1. The quantitative estimate of drug-likeness (QED) is 0.717. The van der Waals surface area contributed by atoms with E-state index in [9.17, 15) is 4.39 Å². The molecule has 1 saturated carbocycles. The summed E-state index contributed by atoms with van der Waals surface area (Å²) in [6.07, 6.45) is 3.95. The Morgan fingerprint density at radius 3 is 2.94 bits per heavy atom. The van der Waals surface area contributed by atoms with Crippen LogP contribution >= 0.6 is 0 Å². The number of halogens is 1. The highest BCUT2D eigenvalue weighted by atomic mass is 19.1. The van der Waals surface area contributed by atoms with Crippen LogP contribution in [0.3, 0.4) is 0 Å². The molecule has 1 fully saturated rings. The van der Waals surface area contributed by atoms with Gasteiger partial charge >= 0.3 is 0 Å². The summed E-state index contributed by atoms with van der Waals surface area (Å²) < 4.78 is 18.3. The standard InChI is InChI=1S/C13H18FNO/c14-12-2-1-3-13(10-12)15-7-9-16-8-6-11-4-5-11/h1-3,10-11,15H,4-9H2. The molecule has 0 unspecified atom stereocenters. The zero-order valence-electron chi connectivity index (χ0n) is 9.42. The SMILES string of the molecule is Fc1cccc(NCCOCCC2CC2)c1. The lowest BCUT2D eigenvalue weighted by molar-refractivity contribution is 0.137. The normalized spacial score (nSPS) is 15.1. The van der Waals surface area contributed by atoms with Crippen molar-refractivity contribution in [2.75, 3.05) is 25.1 Å². The fourth-order valence-electron chi connectivity index (χ4n) is 1.62. The second-order valence-corrected chi connectivity index (χ2v) is 4.28. The molecular weight excluding hydrogens is 205 g/mol. The van der Waals surface area contributed by atoms with Gasteiger partial charge < -0.3 is 10.1 Å². The molecule has 3 heteroatoms. The highest BCUT2D eigenvalue weighted by Gasteiger charge is 2.20. The van der Waals surface area contributed by atoms with E-state index < -0.39 is 0 Å². The summed E-state index contributed by atoms with van der Waals surface area (Å²) in [7, 11) is 0. The van der Waals surface area contributed by atoms with E-state index in [0.717, 1.165) is 24.8 Å². The number of ether oxygens (including phenoxy) is 1. The van der Waals surface area contributed by atoms with E-state index >= 15 is 0 Å².